The number of benzene rings is 3. The van der Waals surface area contributed by atoms with Crippen LogP contribution in [0.4, 0.5) is 0 Å². The first-order chi connectivity index (χ1) is 15.5. The summed E-state index contributed by atoms with van der Waals surface area (Å²) in [6.45, 7) is 4.80. The Morgan fingerprint density at radius 3 is 2.28 bits per heavy atom. The minimum Gasteiger partial charge on any atom is -0.450 e. The number of nitrogens with zero attached hydrogens (tertiary/aromatic N) is 1. The molecular weight excluding hydrogens is 398 g/mol. The van der Waals surface area contributed by atoms with Crippen molar-refractivity contribution in [3.8, 4) is 0 Å². The fourth-order valence-corrected chi connectivity index (χ4v) is 4.50. The Morgan fingerprint density at radius 1 is 0.875 bits per heavy atom. The Balaban J connectivity index is 1.63. The highest BCUT2D eigenvalue weighted by atomic mass is 16.3. The average Bonchev–Trinajstić information content (AvgIpc) is 3.10. The molecule has 0 saturated heterocycles. The molecule has 0 fully saturated rings. The van der Waals surface area contributed by atoms with Crippen LogP contribution in [0.1, 0.15) is 58.6 Å². The molecule has 1 amide bonds. The fraction of sp³-hybridized carbons (Fsp3) is 0.214. The van der Waals surface area contributed by atoms with Gasteiger partial charge in [0.2, 0.25) is 5.76 Å². The number of carbonyl (C=O) groups is 1. The largest absolute Gasteiger partial charge is 0.450 e. The van der Waals surface area contributed by atoms with Gasteiger partial charge in [0.05, 0.1) is 17.0 Å². The number of hydrogen-bond acceptors (Lipinski definition) is 3. The van der Waals surface area contributed by atoms with E-state index in [9.17, 15) is 9.59 Å². The van der Waals surface area contributed by atoms with Crippen LogP contribution in [-0.2, 0) is 6.42 Å². The maximum atomic E-state index is 13.5. The molecule has 1 aromatic heterocycles. The zero-order valence-corrected chi connectivity index (χ0v) is 18.2. The van der Waals surface area contributed by atoms with E-state index in [1.165, 1.54) is 5.56 Å². The maximum Gasteiger partial charge on any atom is 0.290 e. The van der Waals surface area contributed by atoms with Gasteiger partial charge in [-0.05, 0) is 41.2 Å². The third kappa shape index (κ3) is 3.42. The Labute approximate surface area is 187 Å². The lowest BCUT2D eigenvalue weighted by molar-refractivity contribution is 0.0730. The highest BCUT2D eigenvalue weighted by Gasteiger charge is 2.42. The molecular formula is C28H25NO3. The van der Waals surface area contributed by atoms with Crippen LogP contribution in [0, 0.1) is 0 Å². The van der Waals surface area contributed by atoms with Crippen molar-refractivity contribution in [2.45, 2.75) is 32.2 Å². The van der Waals surface area contributed by atoms with Gasteiger partial charge in [0, 0.05) is 6.54 Å². The molecule has 0 spiro atoms. The van der Waals surface area contributed by atoms with E-state index in [0.717, 1.165) is 11.1 Å². The summed E-state index contributed by atoms with van der Waals surface area (Å²) in [7, 11) is 0. The Hall–Kier alpha value is -3.66. The molecule has 0 unspecified atom stereocenters. The highest BCUT2D eigenvalue weighted by molar-refractivity contribution is 5.99. The van der Waals surface area contributed by atoms with E-state index in [4.69, 9.17) is 4.42 Å². The first-order valence-corrected chi connectivity index (χ1v) is 11.0. The van der Waals surface area contributed by atoms with Gasteiger partial charge in [0.15, 0.2) is 5.43 Å². The zero-order chi connectivity index (χ0) is 22.2. The standard InChI is InChI=1S/C28H25NO3/c1-18(2)20-12-14-21(15-13-20)25-24-26(30)22-10-6-7-11-23(22)32-27(24)28(31)29(25)17-16-19-8-4-3-5-9-19/h3-15,18,25H,16-17H2,1-2H3/t25-/m0/s1. The molecule has 3 aromatic carbocycles. The maximum absolute atomic E-state index is 13.5. The molecule has 0 aliphatic carbocycles. The van der Waals surface area contributed by atoms with E-state index in [1.807, 2.05) is 42.5 Å². The van der Waals surface area contributed by atoms with Crippen molar-refractivity contribution in [3.05, 3.63) is 117 Å². The Bertz CT molecular complexity index is 1340. The normalized spacial score (nSPS) is 15.5. The van der Waals surface area contributed by atoms with Crippen LogP contribution < -0.4 is 5.43 Å². The molecule has 0 saturated carbocycles. The van der Waals surface area contributed by atoms with E-state index < -0.39 is 6.04 Å². The first-order valence-electron chi connectivity index (χ1n) is 11.0. The molecule has 5 rings (SSSR count). The van der Waals surface area contributed by atoms with Crippen LogP contribution in [0.2, 0.25) is 0 Å². The number of fused-ring (bicyclic) bond motifs is 2. The number of hydrogen-bond donors (Lipinski definition) is 0. The molecule has 1 aliphatic heterocycles. The predicted octanol–water partition coefficient (Wildman–Crippen LogP) is 5.70. The molecule has 1 atom stereocenters. The van der Waals surface area contributed by atoms with Crippen LogP contribution in [0.25, 0.3) is 11.0 Å². The van der Waals surface area contributed by atoms with Crippen molar-refractivity contribution >= 4 is 16.9 Å². The molecule has 32 heavy (non-hydrogen) atoms. The summed E-state index contributed by atoms with van der Waals surface area (Å²) in [5.74, 6) is 0.348. The summed E-state index contributed by atoms with van der Waals surface area (Å²) in [4.78, 5) is 28.8. The Kier molecular flexibility index (Phi) is 5.14. The van der Waals surface area contributed by atoms with Crippen LogP contribution in [0.3, 0.4) is 0 Å². The van der Waals surface area contributed by atoms with Crippen LogP contribution in [0.5, 0.6) is 0 Å². The van der Waals surface area contributed by atoms with E-state index in [-0.39, 0.29) is 17.1 Å². The second-order valence-electron chi connectivity index (χ2n) is 8.63. The molecule has 160 valence electrons. The number of para-hydroxylation sites is 1. The van der Waals surface area contributed by atoms with E-state index in [0.29, 0.717) is 35.4 Å². The topological polar surface area (TPSA) is 50.5 Å². The Morgan fingerprint density at radius 2 is 1.56 bits per heavy atom. The van der Waals surface area contributed by atoms with Crippen LogP contribution in [-0.4, -0.2) is 17.4 Å². The van der Waals surface area contributed by atoms with Crippen molar-refractivity contribution in [2.75, 3.05) is 6.54 Å². The van der Waals surface area contributed by atoms with Gasteiger partial charge in [-0.15, -0.1) is 0 Å². The highest BCUT2D eigenvalue weighted by Crippen LogP contribution is 2.38. The summed E-state index contributed by atoms with van der Waals surface area (Å²) in [6.07, 6.45) is 0.703. The minimum absolute atomic E-state index is 0.129. The van der Waals surface area contributed by atoms with Gasteiger partial charge >= 0.3 is 0 Å². The van der Waals surface area contributed by atoms with Gasteiger partial charge in [-0.25, -0.2) is 0 Å². The van der Waals surface area contributed by atoms with Gasteiger partial charge < -0.3 is 9.32 Å². The SMILES string of the molecule is CC(C)c1ccc([C@H]2c3c(oc4ccccc4c3=O)C(=O)N2CCc2ccccc2)cc1. The monoisotopic (exact) mass is 423 g/mol. The second kappa shape index (κ2) is 8.12. The number of carbonyl (C=O) groups excluding carboxylic acids is 1. The number of rotatable bonds is 5. The van der Waals surface area contributed by atoms with Gasteiger partial charge in [-0.3, -0.25) is 9.59 Å². The predicted molar refractivity (Wildman–Crippen MR) is 126 cm³/mol. The van der Waals surface area contributed by atoms with E-state index >= 15 is 0 Å². The molecule has 4 heteroatoms. The van der Waals surface area contributed by atoms with E-state index in [1.54, 1.807) is 17.0 Å². The molecule has 0 N–H and O–H groups in total. The molecule has 2 heterocycles. The third-order valence-electron chi connectivity index (χ3n) is 6.28. The van der Waals surface area contributed by atoms with Crippen molar-refractivity contribution in [1.29, 1.82) is 0 Å². The summed E-state index contributed by atoms with van der Waals surface area (Å²) in [5.41, 5.74) is 4.06. The molecule has 1 aliphatic rings. The molecule has 0 bridgehead atoms. The lowest BCUT2D eigenvalue weighted by Gasteiger charge is -2.25. The van der Waals surface area contributed by atoms with Crippen LogP contribution >= 0.6 is 0 Å². The number of amides is 1. The first kappa shape index (κ1) is 20.3. The lowest BCUT2D eigenvalue weighted by atomic mass is 9.95. The van der Waals surface area contributed by atoms with Gasteiger partial charge in [0.25, 0.3) is 5.91 Å². The molecule has 4 nitrogen and oxygen atoms in total. The zero-order valence-electron chi connectivity index (χ0n) is 18.2. The van der Waals surface area contributed by atoms with Crippen molar-refractivity contribution in [2.24, 2.45) is 0 Å². The minimum atomic E-state index is -0.455. The summed E-state index contributed by atoms with van der Waals surface area (Å²) in [6, 6.07) is 25.0. The molecule has 0 radical (unpaired) electrons. The van der Waals surface area contributed by atoms with Gasteiger partial charge in [-0.2, -0.15) is 0 Å². The van der Waals surface area contributed by atoms with E-state index in [2.05, 4.69) is 38.1 Å². The smallest absolute Gasteiger partial charge is 0.290 e. The van der Waals surface area contributed by atoms with Crippen molar-refractivity contribution in [3.63, 3.8) is 0 Å². The van der Waals surface area contributed by atoms with Gasteiger partial charge in [-0.1, -0.05) is 80.6 Å². The molecule has 4 aromatic rings. The van der Waals surface area contributed by atoms with Gasteiger partial charge in [0.1, 0.15) is 5.58 Å². The van der Waals surface area contributed by atoms with Crippen LogP contribution in [0.15, 0.2) is 88.1 Å². The summed E-state index contributed by atoms with van der Waals surface area (Å²) < 4.78 is 6.00. The lowest BCUT2D eigenvalue weighted by Crippen LogP contribution is -2.31. The summed E-state index contributed by atoms with van der Waals surface area (Å²) >= 11 is 0. The van der Waals surface area contributed by atoms with Crippen molar-refractivity contribution in [1.82, 2.24) is 4.90 Å². The fourth-order valence-electron chi connectivity index (χ4n) is 4.50. The summed E-state index contributed by atoms with van der Waals surface area (Å²) in [5, 5.41) is 0.507. The quantitative estimate of drug-likeness (QED) is 0.413. The third-order valence-corrected chi connectivity index (χ3v) is 6.28. The second-order valence-corrected chi connectivity index (χ2v) is 8.63. The average molecular weight is 424 g/mol. The van der Waals surface area contributed by atoms with Crippen molar-refractivity contribution < 1.29 is 9.21 Å².